The van der Waals surface area contributed by atoms with E-state index in [9.17, 15) is 9.18 Å². The molecular formula is C24H25FN4O2. The molecule has 0 saturated carbocycles. The molecule has 160 valence electrons. The molecule has 1 atom stereocenters. The normalized spacial score (nSPS) is 16.6. The number of nitrogens with one attached hydrogen (secondary N) is 1. The first-order chi connectivity index (χ1) is 14.9. The van der Waals surface area contributed by atoms with Gasteiger partial charge in [0.1, 0.15) is 5.82 Å². The van der Waals surface area contributed by atoms with E-state index in [4.69, 9.17) is 4.52 Å². The smallest absolute Gasteiger partial charge is 0.322 e. The number of hydrogen-bond donors (Lipinski definition) is 1. The zero-order valence-electron chi connectivity index (χ0n) is 18.1. The molecule has 2 aromatic carbocycles. The van der Waals surface area contributed by atoms with Crippen LogP contribution in [0.3, 0.4) is 0 Å². The second kappa shape index (κ2) is 8.34. The lowest BCUT2D eigenvalue weighted by molar-refractivity contribution is 0.205. The Morgan fingerprint density at radius 1 is 1.10 bits per heavy atom. The standard InChI is InChI=1S/C24H25FN4O2/c1-5-12-29-16(4)20(21(26-24(29)30)18-7-6-14(2)15(3)13-18)23-27-22(28-31-23)17-8-10-19(25)11-9-17/h6-11,13,21H,5,12H2,1-4H3,(H,26,30). The number of amides is 2. The molecule has 2 amide bonds. The number of carbonyl (C=O) groups excluding carboxylic acids is 1. The average molecular weight is 420 g/mol. The van der Waals surface area contributed by atoms with Crippen LogP contribution in [0.15, 0.2) is 52.7 Å². The van der Waals surface area contributed by atoms with Crippen LogP contribution in [0.25, 0.3) is 17.0 Å². The van der Waals surface area contributed by atoms with Crippen LogP contribution in [-0.4, -0.2) is 27.6 Å². The molecule has 1 aromatic heterocycles. The Labute approximate surface area is 180 Å². The maximum absolute atomic E-state index is 13.3. The Bertz CT molecular complexity index is 1150. The average Bonchev–Trinajstić information content (AvgIpc) is 3.23. The molecule has 1 aliphatic heterocycles. The number of allylic oxidation sites excluding steroid dienone is 1. The van der Waals surface area contributed by atoms with Gasteiger partial charge in [0, 0.05) is 17.8 Å². The van der Waals surface area contributed by atoms with Gasteiger partial charge in [0.25, 0.3) is 5.89 Å². The third kappa shape index (κ3) is 3.95. The highest BCUT2D eigenvalue weighted by Gasteiger charge is 2.35. The van der Waals surface area contributed by atoms with E-state index in [1.165, 1.54) is 17.7 Å². The van der Waals surface area contributed by atoms with E-state index in [-0.39, 0.29) is 11.8 Å². The third-order valence-electron chi connectivity index (χ3n) is 5.67. The van der Waals surface area contributed by atoms with Crippen molar-refractivity contribution in [2.45, 2.75) is 40.2 Å². The van der Waals surface area contributed by atoms with Gasteiger partial charge in [0.15, 0.2) is 0 Å². The SMILES string of the molecule is CCCN1C(=O)NC(c2ccc(C)c(C)c2)C(c2nc(-c3ccc(F)cc3)no2)=C1C. The Hall–Kier alpha value is -3.48. The number of benzene rings is 2. The molecule has 0 spiro atoms. The summed E-state index contributed by atoms with van der Waals surface area (Å²) in [5, 5.41) is 7.20. The lowest BCUT2D eigenvalue weighted by Crippen LogP contribution is -2.46. The highest BCUT2D eigenvalue weighted by Crippen LogP contribution is 2.37. The fourth-order valence-corrected chi connectivity index (χ4v) is 3.79. The Morgan fingerprint density at radius 3 is 2.52 bits per heavy atom. The fraction of sp³-hybridized carbons (Fsp3) is 0.292. The lowest BCUT2D eigenvalue weighted by atomic mass is 9.92. The van der Waals surface area contributed by atoms with Gasteiger partial charge in [-0.15, -0.1) is 0 Å². The number of urea groups is 1. The second-order valence-electron chi connectivity index (χ2n) is 7.81. The summed E-state index contributed by atoms with van der Waals surface area (Å²) in [5.41, 5.74) is 5.46. The monoisotopic (exact) mass is 420 g/mol. The van der Waals surface area contributed by atoms with E-state index in [0.29, 0.717) is 23.8 Å². The van der Waals surface area contributed by atoms with Crippen LogP contribution in [0.4, 0.5) is 9.18 Å². The number of hydrogen-bond acceptors (Lipinski definition) is 4. The summed E-state index contributed by atoms with van der Waals surface area (Å²) in [5.74, 6) is 0.375. The van der Waals surface area contributed by atoms with Crippen molar-refractivity contribution in [1.82, 2.24) is 20.4 Å². The minimum atomic E-state index is -0.415. The van der Waals surface area contributed by atoms with Crippen molar-refractivity contribution < 1.29 is 13.7 Å². The van der Waals surface area contributed by atoms with Crippen LogP contribution in [0, 0.1) is 19.7 Å². The first-order valence-electron chi connectivity index (χ1n) is 10.3. The number of aromatic nitrogens is 2. The Balaban J connectivity index is 1.82. The highest BCUT2D eigenvalue weighted by atomic mass is 19.1. The molecular weight excluding hydrogens is 395 g/mol. The molecule has 7 heteroatoms. The van der Waals surface area contributed by atoms with Gasteiger partial charge in [-0.25, -0.2) is 9.18 Å². The molecule has 1 aliphatic rings. The summed E-state index contributed by atoms with van der Waals surface area (Å²) in [4.78, 5) is 19.1. The summed E-state index contributed by atoms with van der Waals surface area (Å²) in [7, 11) is 0. The topological polar surface area (TPSA) is 71.3 Å². The predicted molar refractivity (Wildman–Crippen MR) is 116 cm³/mol. The van der Waals surface area contributed by atoms with Gasteiger partial charge in [-0.3, -0.25) is 4.90 Å². The van der Waals surface area contributed by atoms with E-state index < -0.39 is 6.04 Å². The molecule has 1 N–H and O–H groups in total. The number of rotatable bonds is 5. The van der Waals surface area contributed by atoms with Gasteiger partial charge in [-0.1, -0.05) is 30.3 Å². The molecule has 0 bridgehead atoms. The van der Waals surface area contributed by atoms with Crippen molar-refractivity contribution in [3.63, 3.8) is 0 Å². The Morgan fingerprint density at radius 2 is 1.84 bits per heavy atom. The van der Waals surface area contributed by atoms with Crippen LogP contribution < -0.4 is 5.32 Å². The first kappa shape index (κ1) is 20.8. The van der Waals surface area contributed by atoms with Crippen molar-refractivity contribution in [3.8, 4) is 11.4 Å². The molecule has 0 aliphatic carbocycles. The fourth-order valence-electron chi connectivity index (χ4n) is 3.79. The summed E-state index contributed by atoms with van der Waals surface area (Å²) >= 11 is 0. The maximum Gasteiger partial charge on any atom is 0.322 e. The van der Waals surface area contributed by atoms with Gasteiger partial charge < -0.3 is 9.84 Å². The first-order valence-corrected chi connectivity index (χ1v) is 10.3. The van der Waals surface area contributed by atoms with Crippen LogP contribution >= 0.6 is 0 Å². The zero-order chi connectivity index (χ0) is 22.1. The molecule has 0 saturated heterocycles. The minimum Gasteiger partial charge on any atom is -0.334 e. The number of carbonyl (C=O) groups is 1. The van der Waals surface area contributed by atoms with Crippen molar-refractivity contribution in [3.05, 3.63) is 76.6 Å². The van der Waals surface area contributed by atoms with Gasteiger partial charge in [-0.2, -0.15) is 4.98 Å². The molecule has 4 rings (SSSR count). The quantitative estimate of drug-likeness (QED) is 0.600. The van der Waals surface area contributed by atoms with E-state index in [1.807, 2.05) is 32.9 Å². The number of nitrogens with zero attached hydrogens (tertiary/aromatic N) is 3. The molecule has 2 heterocycles. The summed E-state index contributed by atoms with van der Waals surface area (Å²) < 4.78 is 18.9. The van der Waals surface area contributed by atoms with Crippen LogP contribution in [0.1, 0.15) is 48.9 Å². The minimum absolute atomic E-state index is 0.149. The third-order valence-corrected chi connectivity index (χ3v) is 5.67. The predicted octanol–water partition coefficient (Wildman–Crippen LogP) is 5.40. The van der Waals surface area contributed by atoms with Crippen LogP contribution in [-0.2, 0) is 0 Å². The van der Waals surface area contributed by atoms with Gasteiger partial charge >= 0.3 is 6.03 Å². The second-order valence-corrected chi connectivity index (χ2v) is 7.81. The molecule has 31 heavy (non-hydrogen) atoms. The van der Waals surface area contributed by atoms with Crippen molar-refractivity contribution in [2.24, 2.45) is 0 Å². The molecule has 3 aromatic rings. The highest BCUT2D eigenvalue weighted by molar-refractivity contribution is 5.86. The van der Waals surface area contributed by atoms with Gasteiger partial charge in [-0.05, 0) is 68.1 Å². The maximum atomic E-state index is 13.3. The largest absolute Gasteiger partial charge is 0.334 e. The lowest BCUT2D eigenvalue weighted by Gasteiger charge is -2.35. The van der Waals surface area contributed by atoms with Crippen molar-refractivity contribution in [2.75, 3.05) is 6.54 Å². The van der Waals surface area contributed by atoms with Gasteiger partial charge in [0.2, 0.25) is 5.82 Å². The molecule has 0 radical (unpaired) electrons. The molecule has 0 fully saturated rings. The van der Waals surface area contributed by atoms with Crippen LogP contribution in [0.2, 0.25) is 0 Å². The van der Waals surface area contributed by atoms with E-state index in [2.05, 4.69) is 28.4 Å². The molecule has 6 nitrogen and oxygen atoms in total. The zero-order valence-corrected chi connectivity index (χ0v) is 18.1. The number of aryl methyl sites for hydroxylation is 2. The van der Waals surface area contributed by atoms with E-state index in [0.717, 1.165) is 28.8 Å². The Kier molecular flexibility index (Phi) is 5.59. The van der Waals surface area contributed by atoms with Crippen molar-refractivity contribution in [1.29, 1.82) is 0 Å². The molecule has 1 unspecified atom stereocenters. The number of halogens is 1. The summed E-state index contributed by atoms with van der Waals surface area (Å²) in [6.45, 7) is 8.60. The van der Waals surface area contributed by atoms with E-state index >= 15 is 0 Å². The van der Waals surface area contributed by atoms with Crippen LogP contribution in [0.5, 0.6) is 0 Å². The van der Waals surface area contributed by atoms with E-state index in [1.54, 1.807) is 17.0 Å². The summed E-state index contributed by atoms with van der Waals surface area (Å²) in [6, 6.07) is 11.5. The van der Waals surface area contributed by atoms with Crippen molar-refractivity contribution >= 4 is 11.6 Å². The van der Waals surface area contributed by atoms with Gasteiger partial charge in [0.05, 0.1) is 11.6 Å². The summed E-state index contributed by atoms with van der Waals surface area (Å²) in [6.07, 6.45) is 0.816.